The number of amides is 1. The molecule has 1 fully saturated rings. The highest BCUT2D eigenvalue weighted by Gasteiger charge is 2.26. The molecule has 28 heavy (non-hydrogen) atoms. The highest BCUT2D eigenvalue weighted by Crippen LogP contribution is 2.21. The van der Waals surface area contributed by atoms with Gasteiger partial charge in [0.2, 0.25) is 10.0 Å². The summed E-state index contributed by atoms with van der Waals surface area (Å²) >= 11 is 0. The number of piperidine rings is 1. The third-order valence-electron chi connectivity index (χ3n) is 4.70. The van der Waals surface area contributed by atoms with Crippen molar-refractivity contribution in [2.75, 3.05) is 18.8 Å². The van der Waals surface area contributed by atoms with Crippen LogP contribution in [0.1, 0.15) is 42.1 Å². The monoisotopic (exact) mass is 400 g/mol. The van der Waals surface area contributed by atoms with E-state index < -0.39 is 15.9 Å². The van der Waals surface area contributed by atoms with Gasteiger partial charge in [0.05, 0.1) is 10.6 Å². The smallest absolute Gasteiger partial charge is 0.271 e. The summed E-state index contributed by atoms with van der Waals surface area (Å²) in [5.74, 6) is -0.467. The number of sulfonamides is 1. The summed E-state index contributed by atoms with van der Waals surface area (Å²) in [5, 5.41) is 4.10. The van der Waals surface area contributed by atoms with Gasteiger partial charge in [0.25, 0.3) is 5.91 Å². The second-order valence-electron chi connectivity index (χ2n) is 6.75. The molecular weight excluding hydrogens is 376 g/mol. The van der Waals surface area contributed by atoms with Crippen molar-refractivity contribution in [1.29, 1.82) is 0 Å². The molecule has 1 heterocycles. The summed E-state index contributed by atoms with van der Waals surface area (Å²) in [4.78, 5) is 12.6. The molecule has 3 rings (SSSR count). The first-order valence-corrected chi connectivity index (χ1v) is 10.6. The standard InChI is InChI=1S/C20H24N4O3S/c1-15(16-8-10-18(21)11-9-16)22-23-20(25)17-6-5-7-19(14-17)28(26,27)24-12-3-2-4-13-24/h5-11,14H,2-4,12-13,21H2,1H3,(H,23,25)/b22-15-. The molecule has 1 aliphatic rings. The average Bonchev–Trinajstić information content (AvgIpc) is 2.73. The summed E-state index contributed by atoms with van der Waals surface area (Å²) in [6.07, 6.45) is 2.76. The SMILES string of the molecule is C/C(=N/NC(=O)c1cccc(S(=O)(=O)N2CCCCC2)c1)c1ccc(N)cc1. The average molecular weight is 401 g/mol. The molecule has 1 aliphatic heterocycles. The zero-order valence-corrected chi connectivity index (χ0v) is 16.6. The van der Waals surface area contributed by atoms with Gasteiger partial charge in [0.1, 0.15) is 0 Å². The third kappa shape index (κ3) is 4.58. The fourth-order valence-corrected chi connectivity index (χ4v) is 4.60. The Morgan fingerprint density at radius 2 is 1.71 bits per heavy atom. The predicted octanol–water partition coefficient (Wildman–Crippen LogP) is 2.60. The van der Waals surface area contributed by atoms with E-state index in [-0.39, 0.29) is 10.5 Å². The van der Waals surface area contributed by atoms with Gasteiger partial charge in [0, 0.05) is 24.3 Å². The first-order valence-electron chi connectivity index (χ1n) is 9.19. The van der Waals surface area contributed by atoms with Crippen LogP contribution in [0.15, 0.2) is 58.5 Å². The van der Waals surface area contributed by atoms with E-state index >= 15 is 0 Å². The minimum atomic E-state index is -3.59. The molecule has 0 aliphatic carbocycles. The molecule has 0 spiro atoms. The summed E-state index contributed by atoms with van der Waals surface area (Å²) in [6, 6.07) is 13.2. The van der Waals surface area contributed by atoms with E-state index in [4.69, 9.17) is 5.73 Å². The minimum absolute atomic E-state index is 0.126. The summed E-state index contributed by atoms with van der Waals surface area (Å²) in [6.45, 7) is 2.80. The molecule has 0 aromatic heterocycles. The fraction of sp³-hybridized carbons (Fsp3) is 0.300. The number of hydrogen-bond donors (Lipinski definition) is 2. The van der Waals surface area contributed by atoms with E-state index in [1.807, 2.05) is 12.1 Å². The molecule has 0 bridgehead atoms. The van der Waals surface area contributed by atoms with Crippen molar-refractivity contribution in [3.63, 3.8) is 0 Å². The van der Waals surface area contributed by atoms with E-state index in [0.717, 1.165) is 24.8 Å². The Morgan fingerprint density at radius 3 is 2.39 bits per heavy atom. The lowest BCUT2D eigenvalue weighted by Gasteiger charge is -2.25. The number of rotatable bonds is 5. The second kappa shape index (κ2) is 8.53. The van der Waals surface area contributed by atoms with Crippen molar-refractivity contribution in [2.24, 2.45) is 5.10 Å². The van der Waals surface area contributed by atoms with Crippen LogP contribution in [0.25, 0.3) is 0 Å². The normalized spacial score (nSPS) is 16.0. The summed E-state index contributed by atoms with van der Waals surface area (Å²) in [7, 11) is -3.59. The number of nitrogens with zero attached hydrogens (tertiary/aromatic N) is 2. The number of carbonyl (C=O) groups is 1. The molecule has 7 nitrogen and oxygen atoms in total. The van der Waals surface area contributed by atoms with Gasteiger partial charge in [-0.3, -0.25) is 4.79 Å². The third-order valence-corrected chi connectivity index (χ3v) is 6.60. The van der Waals surface area contributed by atoms with Gasteiger partial charge in [-0.2, -0.15) is 9.41 Å². The largest absolute Gasteiger partial charge is 0.399 e. The predicted molar refractivity (Wildman–Crippen MR) is 110 cm³/mol. The highest BCUT2D eigenvalue weighted by atomic mass is 32.2. The van der Waals surface area contributed by atoms with Crippen LogP contribution in [0.3, 0.4) is 0 Å². The number of hydrazone groups is 1. The Balaban J connectivity index is 1.75. The number of nitrogens with two attached hydrogens (primary N) is 1. The van der Waals surface area contributed by atoms with Gasteiger partial charge in [-0.05, 0) is 55.7 Å². The van der Waals surface area contributed by atoms with Gasteiger partial charge in [-0.1, -0.05) is 24.6 Å². The van der Waals surface area contributed by atoms with E-state index in [1.54, 1.807) is 31.2 Å². The molecule has 0 unspecified atom stereocenters. The van der Waals surface area contributed by atoms with Crippen molar-refractivity contribution >= 4 is 27.3 Å². The maximum Gasteiger partial charge on any atom is 0.271 e. The Bertz CT molecular complexity index is 979. The Kier molecular flexibility index (Phi) is 6.11. The number of nitrogens with one attached hydrogen (secondary N) is 1. The molecule has 1 amide bonds. The maximum atomic E-state index is 12.8. The van der Waals surface area contributed by atoms with Crippen LogP contribution in [-0.2, 0) is 10.0 Å². The van der Waals surface area contributed by atoms with E-state index in [0.29, 0.717) is 24.5 Å². The fourth-order valence-electron chi connectivity index (χ4n) is 3.04. The zero-order valence-electron chi connectivity index (χ0n) is 15.8. The van der Waals surface area contributed by atoms with Crippen LogP contribution in [0, 0.1) is 0 Å². The molecule has 2 aromatic carbocycles. The van der Waals surface area contributed by atoms with Crippen LogP contribution in [0.2, 0.25) is 0 Å². The number of benzene rings is 2. The van der Waals surface area contributed by atoms with Gasteiger partial charge in [-0.15, -0.1) is 0 Å². The minimum Gasteiger partial charge on any atom is -0.399 e. The Labute approximate surface area is 165 Å². The quantitative estimate of drug-likeness (QED) is 0.457. The Morgan fingerprint density at radius 1 is 1.04 bits per heavy atom. The summed E-state index contributed by atoms with van der Waals surface area (Å²) < 4.78 is 27.1. The van der Waals surface area contributed by atoms with Crippen molar-refractivity contribution in [3.05, 3.63) is 59.7 Å². The van der Waals surface area contributed by atoms with E-state index in [2.05, 4.69) is 10.5 Å². The van der Waals surface area contributed by atoms with Crippen LogP contribution in [-0.4, -0.2) is 37.4 Å². The number of anilines is 1. The zero-order chi connectivity index (χ0) is 20.1. The first kappa shape index (κ1) is 20.0. The number of carbonyl (C=O) groups excluding carboxylic acids is 1. The lowest BCUT2D eigenvalue weighted by atomic mass is 10.1. The first-order chi connectivity index (χ1) is 13.4. The molecule has 2 aromatic rings. The lowest BCUT2D eigenvalue weighted by molar-refractivity contribution is 0.0954. The van der Waals surface area contributed by atoms with E-state index in [9.17, 15) is 13.2 Å². The number of hydrogen-bond acceptors (Lipinski definition) is 5. The van der Waals surface area contributed by atoms with Crippen LogP contribution in [0.5, 0.6) is 0 Å². The van der Waals surface area contributed by atoms with Crippen molar-refractivity contribution in [3.8, 4) is 0 Å². The highest BCUT2D eigenvalue weighted by molar-refractivity contribution is 7.89. The van der Waals surface area contributed by atoms with Gasteiger partial charge < -0.3 is 5.73 Å². The van der Waals surface area contributed by atoms with Crippen LogP contribution in [0.4, 0.5) is 5.69 Å². The van der Waals surface area contributed by atoms with Gasteiger partial charge >= 0.3 is 0 Å². The molecule has 1 saturated heterocycles. The molecular formula is C20H24N4O3S. The van der Waals surface area contributed by atoms with Crippen LogP contribution >= 0.6 is 0 Å². The number of nitrogen functional groups attached to an aromatic ring is 1. The summed E-state index contributed by atoms with van der Waals surface area (Å²) in [5.41, 5.74) is 10.5. The van der Waals surface area contributed by atoms with Crippen molar-refractivity contribution in [2.45, 2.75) is 31.1 Å². The maximum absolute atomic E-state index is 12.8. The molecule has 148 valence electrons. The van der Waals surface area contributed by atoms with Crippen molar-refractivity contribution < 1.29 is 13.2 Å². The van der Waals surface area contributed by atoms with Crippen molar-refractivity contribution in [1.82, 2.24) is 9.73 Å². The van der Waals surface area contributed by atoms with Gasteiger partial charge in [0.15, 0.2) is 0 Å². The van der Waals surface area contributed by atoms with E-state index in [1.165, 1.54) is 16.4 Å². The van der Waals surface area contributed by atoms with Crippen LogP contribution < -0.4 is 11.2 Å². The second-order valence-corrected chi connectivity index (χ2v) is 8.69. The van der Waals surface area contributed by atoms with Gasteiger partial charge in [-0.25, -0.2) is 13.8 Å². The molecule has 8 heteroatoms. The molecule has 0 radical (unpaired) electrons. The molecule has 0 saturated carbocycles. The molecule has 0 atom stereocenters. The molecule has 3 N–H and O–H groups in total. The lowest BCUT2D eigenvalue weighted by Crippen LogP contribution is -2.35. The topological polar surface area (TPSA) is 105 Å². The Hall–Kier alpha value is -2.71.